The van der Waals surface area contributed by atoms with Crippen molar-refractivity contribution in [3.63, 3.8) is 0 Å². The van der Waals surface area contributed by atoms with Gasteiger partial charge in [0, 0.05) is 18.4 Å². The molecule has 0 radical (unpaired) electrons. The lowest BCUT2D eigenvalue weighted by Gasteiger charge is -2.51. The van der Waals surface area contributed by atoms with E-state index in [0.717, 1.165) is 0 Å². The lowest BCUT2D eigenvalue weighted by Crippen LogP contribution is -2.58. The van der Waals surface area contributed by atoms with Gasteiger partial charge < -0.3 is 15.2 Å². The van der Waals surface area contributed by atoms with Crippen molar-refractivity contribution in [1.29, 1.82) is 0 Å². The van der Waals surface area contributed by atoms with Gasteiger partial charge >= 0.3 is 12.1 Å². The first-order chi connectivity index (χ1) is 13.4. The van der Waals surface area contributed by atoms with Crippen LogP contribution in [-0.4, -0.2) is 29.8 Å². The van der Waals surface area contributed by atoms with E-state index >= 15 is 0 Å². The Bertz CT molecular complexity index is 875. The first-order valence-corrected chi connectivity index (χ1v) is 9.71. The number of ether oxygens (including phenoxy) is 1. The average molecular weight is 379 g/mol. The average Bonchev–Trinajstić information content (AvgIpc) is 2.99. The van der Waals surface area contributed by atoms with Gasteiger partial charge in [0.2, 0.25) is 0 Å². The van der Waals surface area contributed by atoms with Gasteiger partial charge in [-0.15, -0.1) is 0 Å². The number of alkyl carbamates (subject to hydrolysis) is 1. The highest BCUT2D eigenvalue weighted by molar-refractivity contribution is 5.79. The molecule has 0 heterocycles. The number of carboxylic acid groups (broad SMARTS) is 1. The van der Waals surface area contributed by atoms with E-state index in [9.17, 15) is 9.59 Å². The third-order valence-electron chi connectivity index (χ3n) is 6.53. The molecule has 0 bridgehead atoms. The maximum Gasteiger partial charge on any atom is 0.407 e. The molecule has 5 nitrogen and oxygen atoms in total. The summed E-state index contributed by atoms with van der Waals surface area (Å²) in [4.78, 5) is 23.4. The van der Waals surface area contributed by atoms with E-state index in [1.807, 2.05) is 38.1 Å². The molecule has 2 unspecified atom stereocenters. The van der Waals surface area contributed by atoms with Gasteiger partial charge in [-0.25, -0.2) is 4.79 Å². The topological polar surface area (TPSA) is 75.6 Å². The molecule has 2 N–H and O–H groups in total. The Morgan fingerprint density at radius 1 is 1.07 bits per heavy atom. The van der Waals surface area contributed by atoms with Crippen LogP contribution in [0.4, 0.5) is 4.79 Å². The molecule has 2 aromatic rings. The van der Waals surface area contributed by atoms with Gasteiger partial charge in [-0.3, -0.25) is 4.79 Å². The van der Waals surface area contributed by atoms with Gasteiger partial charge in [-0.1, -0.05) is 62.4 Å². The zero-order valence-electron chi connectivity index (χ0n) is 16.1. The van der Waals surface area contributed by atoms with Gasteiger partial charge in [0.15, 0.2) is 0 Å². The molecule has 1 amide bonds. The largest absolute Gasteiger partial charge is 0.481 e. The van der Waals surface area contributed by atoms with Crippen LogP contribution in [0.1, 0.15) is 43.7 Å². The van der Waals surface area contributed by atoms with Crippen LogP contribution in [0.15, 0.2) is 48.5 Å². The maximum atomic E-state index is 12.4. The van der Waals surface area contributed by atoms with E-state index in [4.69, 9.17) is 9.84 Å². The Hall–Kier alpha value is -2.82. The van der Waals surface area contributed by atoms with Crippen molar-refractivity contribution in [2.24, 2.45) is 11.3 Å². The number of hydrogen-bond acceptors (Lipinski definition) is 3. The van der Waals surface area contributed by atoms with E-state index in [0.29, 0.717) is 6.42 Å². The van der Waals surface area contributed by atoms with Gasteiger partial charge in [0.25, 0.3) is 0 Å². The monoisotopic (exact) mass is 379 g/mol. The Labute approximate surface area is 164 Å². The molecule has 5 heteroatoms. The van der Waals surface area contributed by atoms with Crippen LogP contribution >= 0.6 is 0 Å². The lowest BCUT2D eigenvalue weighted by molar-refractivity contribution is -0.141. The summed E-state index contributed by atoms with van der Waals surface area (Å²) in [5.41, 5.74) is 4.51. The number of carboxylic acids is 1. The van der Waals surface area contributed by atoms with Crippen LogP contribution < -0.4 is 5.32 Å². The lowest BCUT2D eigenvalue weighted by atomic mass is 9.57. The highest BCUT2D eigenvalue weighted by Gasteiger charge is 2.49. The van der Waals surface area contributed by atoms with Crippen molar-refractivity contribution in [3.8, 4) is 11.1 Å². The summed E-state index contributed by atoms with van der Waals surface area (Å²) in [7, 11) is 0. The molecule has 2 aliphatic rings. The van der Waals surface area contributed by atoms with E-state index in [-0.39, 0.29) is 36.3 Å². The number of amides is 1. The molecule has 28 heavy (non-hydrogen) atoms. The van der Waals surface area contributed by atoms with Crippen LogP contribution in [0.25, 0.3) is 11.1 Å². The zero-order chi connectivity index (χ0) is 19.9. The minimum Gasteiger partial charge on any atom is -0.481 e. The normalized spacial score (nSPS) is 21.9. The number of rotatable bonds is 5. The van der Waals surface area contributed by atoms with Crippen molar-refractivity contribution in [1.82, 2.24) is 5.32 Å². The fourth-order valence-electron chi connectivity index (χ4n) is 4.60. The maximum absolute atomic E-state index is 12.4. The number of aliphatic carboxylic acids is 1. The minimum atomic E-state index is -0.794. The fourth-order valence-corrected chi connectivity index (χ4v) is 4.60. The van der Waals surface area contributed by atoms with Crippen molar-refractivity contribution in [2.45, 2.75) is 38.6 Å². The van der Waals surface area contributed by atoms with Crippen molar-refractivity contribution in [2.75, 3.05) is 6.61 Å². The van der Waals surface area contributed by atoms with Crippen molar-refractivity contribution >= 4 is 12.1 Å². The number of hydrogen-bond donors (Lipinski definition) is 2. The van der Waals surface area contributed by atoms with E-state index in [1.165, 1.54) is 22.3 Å². The van der Waals surface area contributed by atoms with Crippen LogP contribution in [0.2, 0.25) is 0 Å². The number of carbonyl (C=O) groups is 2. The number of benzene rings is 2. The van der Waals surface area contributed by atoms with Gasteiger partial charge in [0.1, 0.15) is 6.61 Å². The number of carbonyl (C=O) groups excluding carboxylic acids is 1. The molecule has 2 atom stereocenters. The van der Waals surface area contributed by atoms with Gasteiger partial charge in [-0.2, -0.15) is 0 Å². The minimum absolute atomic E-state index is 0.0345. The molecular formula is C23H25NO4. The summed E-state index contributed by atoms with van der Waals surface area (Å²) in [5.74, 6) is -0.686. The first-order valence-electron chi connectivity index (χ1n) is 9.71. The van der Waals surface area contributed by atoms with Crippen LogP contribution in [0.5, 0.6) is 0 Å². The Kier molecular flexibility index (Phi) is 4.61. The number of fused-ring (bicyclic) bond motifs is 3. The van der Waals surface area contributed by atoms with Crippen molar-refractivity contribution < 1.29 is 19.4 Å². The predicted molar refractivity (Wildman–Crippen MR) is 106 cm³/mol. The molecular weight excluding hydrogens is 354 g/mol. The molecule has 0 spiro atoms. The van der Waals surface area contributed by atoms with Crippen LogP contribution in [-0.2, 0) is 9.53 Å². The first kappa shape index (κ1) is 18.5. The molecule has 1 saturated carbocycles. The summed E-state index contributed by atoms with van der Waals surface area (Å²) in [5, 5.41) is 11.9. The second kappa shape index (κ2) is 6.97. The van der Waals surface area contributed by atoms with Crippen LogP contribution in [0, 0.1) is 11.3 Å². The third kappa shape index (κ3) is 3.15. The Morgan fingerprint density at radius 3 is 2.18 bits per heavy atom. The summed E-state index contributed by atoms with van der Waals surface area (Å²) in [6.07, 6.45) is 0.369. The summed E-state index contributed by atoms with van der Waals surface area (Å²) in [6.45, 7) is 4.28. The molecule has 0 saturated heterocycles. The fraction of sp³-hybridized carbons (Fsp3) is 0.391. The second-order valence-corrected chi connectivity index (χ2v) is 8.37. The highest BCUT2D eigenvalue weighted by Crippen LogP contribution is 2.48. The van der Waals surface area contributed by atoms with Gasteiger partial charge in [-0.05, 0) is 40.0 Å². The molecule has 4 rings (SSSR count). The quantitative estimate of drug-likeness (QED) is 0.807. The van der Waals surface area contributed by atoms with E-state index < -0.39 is 12.1 Å². The zero-order valence-corrected chi connectivity index (χ0v) is 16.1. The smallest absolute Gasteiger partial charge is 0.407 e. The third-order valence-corrected chi connectivity index (χ3v) is 6.53. The molecule has 2 aromatic carbocycles. The second-order valence-electron chi connectivity index (χ2n) is 8.37. The summed E-state index contributed by atoms with van der Waals surface area (Å²) >= 11 is 0. The Balaban J connectivity index is 1.39. The summed E-state index contributed by atoms with van der Waals surface area (Å²) in [6, 6.07) is 16.4. The van der Waals surface area contributed by atoms with E-state index in [1.54, 1.807) is 0 Å². The molecule has 0 aromatic heterocycles. The standard InChI is InChI=1S/C23H25NO4/c1-23(2)14(12-21(25)26)11-20(23)24-22(27)28-13-19-17-9-5-3-7-15(17)16-8-4-6-10-18(16)19/h3-10,14,19-20H,11-13H2,1-2H3,(H,24,27)(H,25,26). The molecule has 146 valence electrons. The predicted octanol–water partition coefficient (Wildman–Crippen LogP) is 4.41. The molecule has 2 aliphatic carbocycles. The molecule has 1 fully saturated rings. The highest BCUT2D eigenvalue weighted by atomic mass is 16.5. The number of nitrogens with one attached hydrogen (secondary N) is 1. The SMILES string of the molecule is CC1(C)C(CC(=O)O)CC1NC(=O)OCC1c2ccccc2-c2ccccc21. The Morgan fingerprint density at radius 2 is 1.64 bits per heavy atom. The van der Waals surface area contributed by atoms with Crippen molar-refractivity contribution in [3.05, 3.63) is 59.7 Å². The van der Waals surface area contributed by atoms with E-state index in [2.05, 4.69) is 29.6 Å². The summed E-state index contributed by atoms with van der Waals surface area (Å²) < 4.78 is 5.59. The van der Waals surface area contributed by atoms with Crippen LogP contribution in [0.3, 0.4) is 0 Å². The van der Waals surface area contributed by atoms with Gasteiger partial charge in [0.05, 0.1) is 0 Å². The molecule has 0 aliphatic heterocycles.